The fraction of sp³-hybridized carbons (Fsp3) is 0.111. The Kier molecular flexibility index (Phi) is 6.22. The molecule has 1 aromatic carbocycles. The number of aliphatic hydroxyl groups excluding tert-OH is 1. The van der Waals surface area contributed by atoms with Crippen LogP contribution in [0.3, 0.4) is 0 Å². The summed E-state index contributed by atoms with van der Waals surface area (Å²) in [6.45, 7) is -0.110. The van der Waals surface area contributed by atoms with E-state index in [2.05, 4.69) is 10.6 Å². The predicted octanol–water partition coefficient (Wildman–Crippen LogP) is 4.06. The number of carbonyl (C=O) groups is 2. The van der Waals surface area contributed by atoms with Gasteiger partial charge in [-0.3, -0.25) is 9.59 Å². The van der Waals surface area contributed by atoms with Gasteiger partial charge in [0, 0.05) is 26.9 Å². The molecule has 0 bridgehead atoms. The lowest BCUT2D eigenvalue weighted by molar-refractivity contribution is -0.136. The number of hydrogen-bond acceptors (Lipinski definition) is 5. The van der Waals surface area contributed by atoms with Crippen LogP contribution in [-0.2, 0) is 9.59 Å². The van der Waals surface area contributed by atoms with Crippen molar-refractivity contribution in [1.29, 1.82) is 0 Å². The maximum atomic E-state index is 13.1. The van der Waals surface area contributed by atoms with Gasteiger partial charge in [0.15, 0.2) is 0 Å². The third-order valence-corrected chi connectivity index (χ3v) is 6.10. The van der Waals surface area contributed by atoms with Crippen LogP contribution in [-0.4, -0.2) is 23.5 Å². The highest BCUT2D eigenvalue weighted by Crippen LogP contribution is 2.33. The second-order valence-electron chi connectivity index (χ2n) is 5.49. The van der Waals surface area contributed by atoms with Crippen LogP contribution >= 0.6 is 34.3 Å². The molecular weight excluding hydrogens is 411 g/mol. The summed E-state index contributed by atoms with van der Waals surface area (Å²) in [5, 5.41) is 16.7. The summed E-state index contributed by atoms with van der Waals surface area (Å²) in [6, 6.07) is 11.2. The first-order chi connectivity index (χ1) is 12.9. The monoisotopic (exact) mass is 424 g/mol. The average molecular weight is 425 g/mol. The number of thiophene rings is 2. The summed E-state index contributed by atoms with van der Waals surface area (Å²) in [5.74, 6) is -2.47. The fourth-order valence-corrected chi connectivity index (χ4v) is 4.22. The van der Waals surface area contributed by atoms with E-state index in [1.807, 2.05) is 23.6 Å². The molecule has 0 saturated heterocycles. The molecule has 2 aromatic heterocycles. The molecule has 0 unspecified atom stereocenters. The van der Waals surface area contributed by atoms with Gasteiger partial charge in [-0.1, -0.05) is 17.7 Å². The predicted molar refractivity (Wildman–Crippen MR) is 106 cm³/mol. The van der Waals surface area contributed by atoms with Crippen LogP contribution in [0.1, 0.15) is 11.0 Å². The van der Waals surface area contributed by atoms with Gasteiger partial charge in [0.1, 0.15) is 11.9 Å². The quantitative estimate of drug-likeness (QED) is 0.540. The molecule has 3 rings (SSSR count). The lowest BCUT2D eigenvalue weighted by Crippen LogP contribution is -2.37. The lowest BCUT2D eigenvalue weighted by atomic mass is 10.2. The molecule has 3 aromatic rings. The highest BCUT2D eigenvalue weighted by atomic mass is 35.5. The average Bonchev–Trinajstić information content (AvgIpc) is 3.33. The van der Waals surface area contributed by atoms with Crippen molar-refractivity contribution in [1.82, 2.24) is 5.32 Å². The Morgan fingerprint density at radius 2 is 1.96 bits per heavy atom. The largest absolute Gasteiger partial charge is 0.386 e. The molecule has 0 aliphatic heterocycles. The van der Waals surface area contributed by atoms with E-state index in [1.54, 1.807) is 17.4 Å². The van der Waals surface area contributed by atoms with E-state index in [-0.39, 0.29) is 17.3 Å². The zero-order valence-corrected chi connectivity index (χ0v) is 16.1. The van der Waals surface area contributed by atoms with Crippen LogP contribution in [0.5, 0.6) is 0 Å². The number of hydrogen-bond donors (Lipinski definition) is 3. The first-order valence-electron chi connectivity index (χ1n) is 7.80. The summed E-state index contributed by atoms with van der Waals surface area (Å²) in [4.78, 5) is 26.6. The fourth-order valence-electron chi connectivity index (χ4n) is 2.22. The van der Waals surface area contributed by atoms with Gasteiger partial charge in [-0.05, 0) is 41.8 Å². The zero-order valence-electron chi connectivity index (χ0n) is 13.7. The van der Waals surface area contributed by atoms with Crippen molar-refractivity contribution in [3.63, 3.8) is 0 Å². The first-order valence-corrected chi connectivity index (χ1v) is 9.87. The van der Waals surface area contributed by atoms with Gasteiger partial charge >= 0.3 is 11.8 Å². The Morgan fingerprint density at radius 1 is 1.15 bits per heavy atom. The molecule has 9 heteroatoms. The SMILES string of the molecule is O=C(NC[C@@H](O)c1ccc(-c2cccs2)s1)C(=O)Nc1ccc(F)c(Cl)c1. The van der Waals surface area contributed by atoms with Crippen molar-refractivity contribution in [2.24, 2.45) is 0 Å². The molecule has 3 N–H and O–H groups in total. The van der Waals surface area contributed by atoms with E-state index in [0.717, 1.165) is 15.8 Å². The zero-order chi connectivity index (χ0) is 19.4. The van der Waals surface area contributed by atoms with E-state index in [9.17, 15) is 19.1 Å². The number of nitrogens with one attached hydrogen (secondary N) is 2. The van der Waals surface area contributed by atoms with Crippen LogP contribution in [0.2, 0.25) is 5.02 Å². The standard InChI is InChI=1S/C18H14ClFN2O3S2/c19-11-8-10(3-4-12(11)20)22-18(25)17(24)21-9-13(23)14-5-6-16(27-14)15-2-1-7-26-15/h1-8,13,23H,9H2,(H,21,24)(H,22,25)/t13-/m1/s1. The maximum absolute atomic E-state index is 13.1. The maximum Gasteiger partial charge on any atom is 0.313 e. The Balaban J connectivity index is 1.53. The van der Waals surface area contributed by atoms with Gasteiger partial charge < -0.3 is 15.7 Å². The molecule has 0 aliphatic rings. The van der Waals surface area contributed by atoms with Crippen molar-refractivity contribution >= 4 is 51.8 Å². The van der Waals surface area contributed by atoms with Gasteiger partial charge in [-0.2, -0.15) is 0 Å². The van der Waals surface area contributed by atoms with E-state index >= 15 is 0 Å². The molecule has 1 atom stereocenters. The minimum Gasteiger partial charge on any atom is -0.386 e. The molecular formula is C18H14ClFN2O3S2. The van der Waals surface area contributed by atoms with E-state index in [4.69, 9.17) is 11.6 Å². The van der Waals surface area contributed by atoms with Crippen LogP contribution in [0.25, 0.3) is 9.75 Å². The van der Waals surface area contributed by atoms with Gasteiger partial charge in [0.05, 0.1) is 5.02 Å². The van der Waals surface area contributed by atoms with E-state index in [0.29, 0.717) is 4.88 Å². The number of anilines is 1. The van der Waals surface area contributed by atoms with Crippen LogP contribution in [0, 0.1) is 5.82 Å². The number of halogens is 2. The molecule has 0 spiro atoms. The molecule has 140 valence electrons. The highest BCUT2D eigenvalue weighted by molar-refractivity contribution is 7.21. The minimum atomic E-state index is -0.935. The molecule has 0 saturated carbocycles. The second-order valence-corrected chi connectivity index (χ2v) is 7.96. The van der Waals surface area contributed by atoms with Crippen molar-refractivity contribution < 1.29 is 19.1 Å². The second kappa shape index (κ2) is 8.62. The van der Waals surface area contributed by atoms with Gasteiger partial charge in [-0.15, -0.1) is 22.7 Å². The summed E-state index contributed by atoms with van der Waals surface area (Å²) in [7, 11) is 0. The van der Waals surface area contributed by atoms with Gasteiger partial charge in [0.25, 0.3) is 0 Å². The number of rotatable bonds is 5. The Hall–Kier alpha value is -2.26. The Bertz CT molecular complexity index is 959. The minimum absolute atomic E-state index is 0.110. The highest BCUT2D eigenvalue weighted by Gasteiger charge is 2.18. The number of carbonyl (C=O) groups excluding carboxylic acids is 2. The van der Waals surface area contributed by atoms with Crippen molar-refractivity contribution in [2.45, 2.75) is 6.10 Å². The van der Waals surface area contributed by atoms with E-state index < -0.39 is 23.7 Å². The molecule has 0 aliphatic carbocycles. The van der Waals surface area contributed by atoms with Crippen LogP contribution < -0.4 is 10.6 Å². The number of aliphatic hydroxyl groups is 1. The molecule has 0 radical (unpaired) electrons. The third-order valence-electron chi connectivity index (χ3n) is 3.56. The van der Waals surface area contributed by atoms with Gasteiger partial charge in [0.2, 0.25) is 0 Å². The Labute approximate surface area is 167 Å². The lowest BCUT2D eigenvalue weighted by Gasteiger charge is -2.10. The summed E-state index contributed by atoms with van der Waals surface area (Å²) < 4.78 is 13.1. The smallest absolute Gasteiger partial charge is 0.313 e. The number of benzene rings is 1. The van der Waals surface area contributed by atoms with Crippen molar-refractivity contribution in [2.75, 3.05) is 11.9 Å². The third kappa shape index (κ3) is 4.92. The van der Waals surface area contributed by atoms with Crippen LogP contribution in [0.4, 0.5) is 10.1 Å². The molecule has 0 fully saturated rings. The summed E-state index contributed by atoms with van der Waals surface area (Å²) in [5.41, 5.74) is 0.195. The van der Waals surface area contributed by atoms with Crippen LogP contribution in [0.15, 0.2) is 47.8 Å². The summed E-state index contributed by atoms with van der Waals surface area (Å²) >= 11 is 8.65. The Morgan fingerprint density at radius 3 is 2.67 bits per heavy atom. The van der Waals surface area contributed by atoms with Crippen molar-refractivity contribution in [3.8, 4) is 9.75 Å². The van der Waals surface area contributed by atoms with E-state index in [1.165, 1.54) is 23.5 Å². The van der Waals surface area contributed by atoms with Gasteiger partial charge in [-0.25, -0.2) is 4.39 Å². The summed E-state index contributed by atoms with van der Waals surface area (Å²) in [6.07, 6.45) is -0.930. The van der Waals surface area contributed by atoms with Crippen molar-refractivity contribution in [3.05, 3.63) is 63.6 Å². The molecule has 2 amide bonds. The topological polar surface area (TPSA) is 78.4 Å². The number of amides is 2. The molecule has 5 nitrogen and oxygen atoms in total. The molecule has 2 heterocycles. The normalized spacial score (nSPS) is 11.8. The first kappa shape index (κ1) is 19.5. The molecule has 27 heavy (non-hydrogen) atoms.